The maximum atomic E-state index is 11.4. The van der Waals surface area contributed by atoms with Gasteiger partial charge in [0.25, 0.3) is 0 Å². The summed E-state index contributed by atoms with van der Waals surface area (Å²) in [4.78, 5) is 23.7. The fraction of sp³-hybridized carbons (Fsp3) is 0.778. The average Bonchev–Trinajstić information content (AvgIpc) is 2.84. The number of hydrogen-bond donors (Lipinski definition) is 1. The molecule has 0 aromatic heterocycles. The molecule has 1 saturated heterocycles. The van der Waals surface area contributed by atoms with Crippen molar-refractivity contribution in [2.24, 2.45) is 5.92 Å². The highest BCUT2D eigenvalue weighted by Gasteiger charge is 2.48. The number of carboxylic acid groups (broad SMARTS) is 1. The van der Waals surface area contributed by atoms with E-state index in [9.17, 15) is 9.59 Å². The summed E-state index contributed by atoms with van der Waals surface area (Å²) in [6, 6.07) is 0.00491. The summed E-state index contributed by atoms with van der Waals surface area (Å²) < 4.78 is 0. The van der Waals surface area contributed by atoms with Crippen LogP contribution in [-0.2, 0) is 9.59 Å². The van der Waals surface area contributed by atoms with E-state index in [1.165, 1.54) is 0 Å². The zero-order chi connectivity index (χ0) is 9.42. The fourth-order valence-electron chi connectivity index (χ4n) is 1.97. The Kier molecular flexibility index (Phi) is 1.98. The third kappa shape index (κ3) is 1.53. The summed E-state index contributed by atoms with van der Waals surface area (Å²) in [7, 11) is 0. The number of carbonyl (C=O) groups excluding carboxylic acids is 1. The van der Waals surface area contributed by atoms with E-state index in [0.29, 0.717) is 12.8 Å². The Bertz CT molecular complexity index is 251. The number of hydrogen-bond acceptors (Lipinski definition) is 2. The van der Waals surface area contributed by atoms with Crippen LogP contribution in [0, 0.1) is 5.92 Å². The molecule has 1 aliphatic heterocycles. The molecule has 13 heavy (non-hydrogen) atoms. The molecule has 2 atom stereocenters. The minimum Gasteiger partial charge on any atom is -0.481 e. The van der Waals surface area contributed by atoms with Gasteiger partial charge >= 0.3 is 5.97 Å². The van der Waals surface area contributed by atoms with Crippen LogP contribution in [0.4, 0.5) is 0 Å². The first-order chi connectivity index (χ1) is 6.20. The Hall–Kier alpha value is -1.06. The van der Waals surface area contributed by atoms with Crippen LogP contribution in [0.5, 0.6) is 0 Å². The molecule has 2 aliphatic rings. The highest BCUT2D eigenvalue weighted by atomic mass is 16.4. The molecule has 0 radical (unpaired) electrons. The van der Waals surface area contributed by atoms with Gasteiger partial charge in [0, 0.05) is 19.0 Å². The van der Waals surface area contributed by atoms with E-state index in [2.05, 4.69) is 0 Å². The molecule has 0 bridgehead atoms. The zero-order valence-corrected chi connectivity index (χ0v) is 7.40. The molecule has 2 rings (SSSR count). The second-order valence-corrected chi connectivity index (χ2v) is 3.79. The van der Waals surface area contributed by atoms with E-state index in [1.807, 2.05) is 0 Å². The van der Waals surface area contributed by atoms with Gasteiger partial charge in [-0.3, -0.25) is 9.59 Å². The number of likely N-dealkylation sites (tertiary alicyclic amines) is 1. The molecule has 0 aromatic rings. The SMILES string of the molecule is O=C(O)C1CC1N1CCCCC1=O. The number of aliphatic carboxylic acids is 1. The van der Waals surface area contributed by atoms with Gasteiger partial charge in [0.05, 0.1) is 5.92 Å². The zero-order valence-electron chi connectivity index (χ0n) is 7.40. The Balaban J connectivity index is 1.94. The number of amides is 1. The van der Waals surface area contributed by atoms with Gasteiger partial charge in [-0.25, -0.2) is 0 Å². The summed E-state index contributed by atoms with van der Waals surface area (Å²) in [6.45, 7) is 0.757. The predicted molar refractivity (Wildman–Crippen MR) is 45.1 cm³/mol. The Morgan fingerprint density at radius 1 is 1.46 bits per heavy atom. The lowest BCUT2D eigenvalue weighted by atomic mass is 10.1. The number of rotatable bonds is 2. The van der Waals surface area contributed by atoms with Crippen molar-refractivity contribution in [3.8, 4) is 0 Å². The van der Waals surface area contributed by atoms with Crippen molar-refractivity contribution in [2.75, 3.05) is 6.54 Å². The monoisotopic (exact) mass is 183 g/mol. The standard InChI is InChI=1S/C9H13NO3/c11-8-3-1-2-4-10(8)7-5-6(7)9(12)13/h6-7H,1-5H2,(H,12,13). The molecular weight excluding hydrogens is 170 g/mol. The second kappa shape index (κ2) is 3.01. The van der Waals surface area contributed by atoms with Crippen molar-refractivity contribution >= 4 is 11.9 Å². The van der Waals surface area contributed by atoms with Crippen LogP contribution in [0.3, 0.4) is 0 Å². The van der Waals surface area contributed by atoms with Crippen LogP contribution in [0.25, 0.3) is 0 Å². The number of nitrogens with zero attached hydrogens (tertiary/aromatic N) is 1. The lowest BCUT2D eigenvalue weighted by Gasteiger charge is -2.26. The van der Waals surface area contributed by atoms with Crippen molar-refractivity contribution in [2.45, 2.75) is 31.7 Å². The number of piperidine rings is 1. The summed E-state index contributed by atoms with van der Waals surface area (Å²) in [5.41, 5.74) is 0. The van der Waals surface area contributed by atoms with E-state index < -0.39 is 5.97 Å². The predicted octanol–water partition coefficient (Wildman–Crippen LogP) is 0.472. The molecule has 1 N–H and O–H groups in total. The third-order valence-electron chi connectivity index (χ3n) is 2.83. The molecule has 1 heterocycles. The van der Waals surface area contributed by atoms with E-state index >= 15 is 0 Å². The molecule has 0 aromatic carbocycles. The van der Waals surface area contributed by atoms with E-state index in [-0.39, 0.29) is 17.9 Å². The van der Waals surface area contributed by atoms with E-state index in [4.69, 9.17) is 5.11 Å². The molecule has 1 aliphatic carbocycles. The van der Waals surface area contributed by atoms with Gasteiger partial charge in [-0.2, -0.15) is 0 Å². The molecule has 1 amide bonds. The van der Waals surface area contributed by atoms with Crippen LogP contribution in [0.1, 0.15) is 25.7 Å². The Morgan fingerprint density at radius 2 is 2.23 bits per heavy atom. The Morgan fingerprint density at radius 3 is 2.77 bits per heavy atom. The minimum absolute atomic E-state index is 0.00491. The lowest BCUT2D eigenvalue weighted by Crippen LogP contribution is -2.38. The van der Waals surface area contributed by atoms with Crippen LogP contribution in [-0.4, -0.2) is 34.5 Å². The summed E-state index contributed by atoms with van der Waals surface area (Å²) >= 11 is 0. The summed E-state index contributed by atoms with van der Waals surface area (Å²) in [6.07, 6.45) is 3.23. The van der Waals surface area contributed by atoms with Crippen LogP contribution < -0.4 is 0 Å². The first-order valence-electron chi connectivity index (χ1n) is 4.72. The molecule has 2 fully saturated rings. The fourth-order valence-corrected chi connectivity index (χ4v) is 1.97. The molecule has 0 spiro atoms. The highest BCUT2D eigenvalue weighted by Crippen LogP contribution is 2.37. The van der Waals surface area contributed by atoms with E-state index in [0.717, 1.165) is 19.4 Å². The van der Waals surface area contributed by atoms with Crippen molar-refractivity contribution < 1.29 is 14.7 Å². The van der Waals surface area contributed by atoms with Gasteiger partial charge < -0.3 is 10.0 Å². The highest BCUT2D eigenvalue weighted by molar-refractivity contribution is 5.81. The molecule has 4 heteroatoms. The first kappa shape index (κ1) is 8.53. The van der Waals surface area contributed by atoms with Gasteiger partial charge in [-0.1, -0.05) is 0 Å². The molecular formula is C9H13NO3. The topological polar surface area (TPSA) is 57.6 Å². The van der Waals surface area contributed by atoms with Crippen molar-refractivity contribution in [1.29, 1.82) is 0 Å². The Labute approximate surface area is 76.5 Å². The van der Waals surface area contributed by atoms with Crippen LogP contribution >= 0.6 is 0 Å². The summed E-state index contributed by atoms with van der Waals surface area (Å²) in [5, 5.41) is 8.70. The lowest BCUT2D eigenvalue weighted by molar-refractivity contribution is -0.140. The van der Waals surface area contributed by atoms with Crippen molar-refractivity contribution in [3.05, 3.63) is 0 Å². The smallest absolute Gasteiger partial charge is 0.308 e. The van der Waals surface area contributed by atoms with Gasteiger partial charge in [0.1, 0.15) is 0 Å². The second-order valence-electron chi connectivity index (χ2n) is 3.79. The van der Waals surface area contributed by atoms with Gasteiger partial charge in [-0.15, -0.1) is 0 Å². The maximum absolute atomic E-state index is 11.4. The number of carbonyl (C=O) groups is 2. The third-order valence-corrected chi connectivity index (χ3v) is 2.83. The maximum Gasteiger partial charge on any atom is 0.308 e. The normalized spacial score (nSPS) is 33.2. The quantitative estimate of drug-likeness (QED) is 0.677. The van der Waals surface area contributed by atoms with Crippen molar-refractivity contribution in [1.82, 2.24) is 4.90 Å². The molecule has 1 saturated carbocycles. The van der Waals surface area contributed by atoms with E-state index in [1.54, 1.807) is 4.90 Å². The first-order valence-corrected chi connectivity index (χ1v) is 4.72. The molecule has 4 nitrogen and oxygen atoms in total. The minimum atomic E-state index is -0.761. The van der Waals surface area contributed by atoms with Crippen LogP contribution in [0.2, 0.25) is 0 Å². The molecule has 2 unspecified atom stereocenters. The molecule has 72 valence electrons. The largest absolute Gasteiger partial charge is 0.481 e. The van der Waals surface area contributed by atoms with Crippen LogP contribution in [0.15, 0.2) is 0 Å². The summed E-state index contributed by atoms with van der Waals surface area (Å²) in [5.74, 6) is -0.912. The van der Waals surface area contributed by atoms with Gasteiger partial charge in [-0.05, 0) is 19.3 Å². The average molecular weight is 183 g/mol. The van der Waals surface area contributed by atoms with Gasteiger partial charge in [0.2, 0.25) is 5.91 Å². The van der Waals surface area contributed by atoms with Gasteiger partial charge in [0.15, 0.2) is 0 Å². The number of carboxylic acids is 1. The van der Waals surface area contributed by atoms with Crippen molar-refractivity contribution in [3.63, 3.8) is 0 Å².